The van der Waals surface area contributed by atoms with E-state index in [-0.39, 0.29) is 36.5 Å². The van der Waals surface area contributed by atoms with Crippen molar-refractivity contribution >= 4 is 35.9 Å². The fourth-order valence-corrected chi connectivity index (χ4v) is 2.42. The van der Waals surface area contributed by atoms with Gasteiger partial charge in [0.1, 0.15) is 18.0 Å². The molecule has 0 radical (unpaired) electrons. The number of hydrogen-bond donors (Lipinski definition) is 2. The molecular weight excluding hydrogens is 457 g/mol. The first-order valence-electron chi connectivity index (χ1n) is 8.51. The lowest BCUT2D eigenvalue weighted by atomic mass is 10.2. The Labute approximate surface area is 177 Å². The first-order valence-corrected chi connectivity index (χ1v) is 8.51. The third-order valence-corrected chi connectivity index (χ3v) is 3.48. The maximum atomic E-state index is 11.8. The highest BCUT2D eigenvalue weighted by Gasteiger charge is 2.17. The number of H-pyrrole nitrogens is 1. The second kappa shape index (κ2) is 10.3. The van der Waals surface area contributed by atoms with Crippen LogP contribution in [0.25, 0.3) is 11.3 Å². The van der Waals surface area contributed by atoms with Crippen molar-refractivity contribution in [3.63, 3.8) is 0 Å². The highest BCUT2D eigenvalue weighted by Crippen LogP contribution is 2.16. The predicted octanol–water partition coefficient (Wildman–Crippen LogP) is 3.04. The van der Waals surface area contributed by atoms with Crippen LogP contribution in [0.4, 0.5) is 0 Å². The minimum Gasteiger partial charge on any atom is -0.459 e. The summed E-state index contributed by atoms with van der Waals surface area (Å²) < 4.78 is 5.29. The first kappa shape index (κ1) is 22.9. The van der Waals surface area contributed by atoms with E-state index in [1.54, 1.807) is 7.05 Å². The quantitative estimate of drug-likeness (QED) is 0.295. The van der Waals surface area contributed by atoms with Gasteiger partial charge in [-0.3, -0.25) is 9.79 Å². The molecule has 0 aliphatic rings. The van der Waals surface area contributed by atoms with Crippen LogP contribution in [0.1, 0.15) is 26.6 Å². The fourth-order valence-electron chi connectivity index (χ4n) is 2.42. The number of aromatic nitrogens is 2. The summed E-state index contributed by atoms with van der Waals surface area (Å²) in [7, 11) is 3.56. The lowest BCUT2D eigenvalue weighted by molar-refractivity contribution is -0.153. The molecule has 8 heteroatoms. The number of esters is 1. The van der Waals surface area contributed by atoms with Gasteiger partial charge < -0.3 is 19.9 Å². The molecule has 1 aromatic carbocycles. The average molecular weight is 485 g/mol. The summed E-state index contributed by atoms with van der Waals surface area (Å²) in [6.45, 7) is 6.11. The summed E-state index contributed by atoms with van der Waals surface area (Å²) in [6.07, 6.45) is 1.81. The van der Waals surface area contributed by atoms with E-state index in [2.05, 4.69) is 20.3 Å². The van der Waals surface area contributed by atoms with Crippen LogP contribution < -0.4 is 5.32 Å². The van der Waals surface area contributed by atoms with Crippen LogP contribution in [-0.4, -0.2) is 53.0 Å². The van der Waals surface area contributed by atoms with Gasteiger partial charge in [0.05, 0.1) is 18.4 Å². The molecule has 0 amide bonds. The van der Waals surface area contributed by atoms with Crippen LogP contribution in [-0.2, 0) is 16.1 Å². The zero-order chi connectivity index (χ0) is 19.2. The topological polar surface area (TPSA) is 82.6 Å². The van der Waals surface area contributed by atoms with Crippen molar-refractivity contribution in [3.8, 4) is 11.3 Å². The molecule has 2 N–H and O–H groups in total. The third-order valence-electron chi connectivity index (χ3n) is 3.48. The SMILES string of the molecule is CN=C(NCC(=O)OC(C)(C)C)N(C)Cc1ncc(-c2ccccc2)[nH]1.I. The Bertz CT molecular complexity index is 753. The van der Waals surface area contributed by atoms with Crippen LogP contribution in [0.3, 0.4) is 0 Å². The molecule has 0 spiro atoms. The van der Waals surface area contributed by atoms with E-state index in [0.717, 1.165) is 17.1 Å². The van der Waals surface area contributed by atoms with Crippen molar-refractivity contribution in [3.05, 3.63) is 42.4 Å². The molecule has 0 aliphatic carbocycles. The number of carbonyl (C=O) groups is 1. The lowest BCUT2D eigenvalue weighted by Gasteiger charge is -2.23. The molecule has 0 aliphatic heterocycles. The second-order valence-electron chi connectivity index (χ2n) is 6.95. The van der Waals surface area contributed by atoms with E-state index in [0.29, 0.717) is 12.5 Å². The number of rotatable bonds is 5. The van der Waals surface area contributed by atoms with Crippen LogP contribution in [0, 0.1) is 0 Å². The van der Waals surface area contributed by atoms with E-state index >= 15 is 0 Å². The molecule has 2 rings (SSSR count). The Balaban J connectivity index is 0.00000364. The average Bonchev–Trinajstić information content (AvgIpc) is 3.03. The highest BCUT2D eigenvalue weighted by atomic mass is 127. The smallest absolute Gasteiger partial charge is 0.325 e. The van der Waals surface area contributed by atoms with E-state index in [4.69, 9.17) is 4.74 Å². The van der Waals surface area contributed by atoms with Gasteiger partial charge in [-0.15, -0.1) is 24.0 Å². The third kappa shape index (κ3) is 7.58. The van der Waals surface area contributed by atoms with Gasteiger partial charge in [-0.2, -0.15) is 0 Å². The number of imidazole rings is 1. The molecule has 0 saturated carbocycles. The summed E-state index contributed by atoms with van der Waals surface area (Å²) in [4.78, 5) is 25.7. The minimum atomic E-state index is -0.504. The standard InChI is InChI=1S/C19H27N5O2.HI/c1-19(2,3)26-17(25)12-22-18(20-4)24(5)13-16-21-11-15(23-16)14-9-7-6-8-10-14;/h6-11H,12-13H2,1-5H3,(H,20,22)(H,21,23);1H. The summed E-state index contributed by atoms with van der Waals surface area (Å²) in [6, 6.07) is 10.0. The Morgan fingerprint density at radius 2 is 1.96 bits per heavy atom. The molecule has 2 aromatic rings. The van der Waals surface area contributed by atoms with Gasteiger partial charge >= 0.3 is 5.97 Å². The monoisotopic (exact) mass is 485 g/mol. The maximum absolute atomic E-state index is 11.8. The van der Waals surface area contributed by atoms with Crippen LogP contribution in [0.5, 0.6) is 0 Å². The van der Waals surface area contributed by atoms with E-state index in [1.165, 1.54) is 0 Å². The maximum Gasteiger partial charge on any atom is 0.325 e. The molecular formula is C19H28IN5O2. The molecule has 7 nitrogen and oxygen atoms in total. The Morgan fingerprint density at radius 1 is 1.30 bits per heavy atom. The van der Waals surface area contributed by atoms with Crippen molar-refractivity contribution in [2.75, 3.05) is 20.6 Å². The molecule has 0 atom stereocenters. The molecule has 148 valence electrons. The Kier molecular flexibility index (Phi) is 8.74. The Morgan fingerprint density at radius 3 is 2.56 bits per heavy atom. The van der Waals surface area contributed by atoms with Crippen molar-refractivity contribution in [1.82, 2.24) is 20.2 Å². The number of halogens is 1. The molecule has 1 heterocycles. The van der Waals surface area contributed by atoms with Crippen molar-refractivity contribution < 1.29 is 9.53 Å². The summed E-state index contributed by atoms with van der Waals surface area (Å²) in [5.41, 5.74) is 1.54. The second-order valence-corrected chi connectivity index (χ2v) is 6.95. The van der Waals surface area contributed by atoms with E-state index in [9.17, 15) is 4.79 Å². The Hall–Kier alpha value is -2.10. The van der Waals surface area contributed by atoms with Gasteiger partial charge in [-0.25, -0.2) is 4.98 Å². The number of aliphatic imine (C=N–C) groups is 1. The molecule has 27 heavy (non-hydrogen) atoms. The summed E-state index contributed by atoms with van der Waals surface area (Å²) in [5.74, 6) is 1.08. The molecule has 1 aromatic heterocycles. The molecule has 0 bridgehead atoms. The van der Waals surface area contributed by atoms with Gasteiger partial charge in [0.2, 0.25) is 0 Å². The number of nitrogens with zero attached hydrogens (tertiary/aromatic N) is 3. The van der Waals surface area contributed by atoms with Crippen molar-refractivity contribution in [1.29, 1.82) is 0 Å². The van der Waals surface area contributed by atoms with Gasteiger partial charge in [0, 0.05) is 14.1 Å². The van der Waals surface area contributed by atoms with Gasteiger partial charge in [-0.1, -0.05) is 30.3 Å². The van der Waals surface area contributed by atoms with Crippen LogP contribution in [0.2, 0.25) is 0 Å². The van der Waals surface area contributed by atoms with Crippen molar-refractivity contribution in [2.45, 2.75) is 32.9 Å². The number of benzene rings is 1. The summed E-state index contributed by atoms with van der Waals surface area (Å²) >= 11 is 0. The molecule has 0 fully saturated rings. The number of carbonyl (C=O) groups excluding carboxylic acids is 1. The largest absolute Gasteiger partial charge is 0.459 e. The van der Waals surface area contributed by atoms with E-state index in [1.807, 2.05) is 69.2 Å². The zero-order valence-electron chi connectivity index (χ0n) is 16.4. The highest BCUT2D eigenvalue weighted by molar-refractivity contribution is 14.0. The normalized spacial score (nSPS) is 11.5. The first-order chi connectivity index (χ1) is 12.3. The van der Waals surface area contributed by atoms with E-state index < -0.39 is 5.60 Å². The molecule has 0 saturated heterocycles. The van der Waals surface area contributed by atoms with Gasteiger partial charge in [0.25, 0.3) is 0 Å². The van der Waals surface area contributed by atoms with Gasteiger partial charge in [0.15, 0.2) is 5.96 Å². The molecule has 0 unspecified atom stereocenters. The number of aromatic amines is 1. The number of ether oxygens (including phenoxy) is 1. The van der Waals surface area contributed by atoms with Gasteiger partial charge in [-0.05, 0) is 26.3 Å². The fraction of sp³-hybridized carbons (Fsp3) is 0.421. The number of hydrogen-bond acceptors (Lipinski definition) is 4. The minimum absolute atomic E-state index is 0. The zero-order valence-corrected chi connectivity index (χ0v) is 18.8. The number of guanidine groups is 1. The number of nitrogens with one attached hydrogen (secondary N) is 2. The predicted molar refractivity (Wildman–Crippen MR) is 118 cm³/mol. The lowest BCUT2D eigenvalue weighted by Crippen LogP contribution is -2.42. The van der Waals surface area contributed by atoms with Crippen molar-refractivity contribution in [2.24, 2.45) is 4.99 Å². The van der Waals surface area contributed by atoms with Crippen LogP contribution >= 0.6 is 24.0 Å². The van der Waals surface area contributed by atoms with Crippen LogP contribution in [0.15, 0.2) is 41.5 Å². The summed E-state index contributed by atoms with van der Waals surface area (Å²) in [5, 5.41) is 3.01.